The molecule has 1 aliphatic rings. The summed E-state index contributed by atoms with van der Waals surface area (Å²) in [5.74, 6) is -0.327. The van der Waals surface area contributed by atoms with Crippen LogP contribution in [0.1, 0.15) is 54.4 Å². The Morgan fingerprint density at radius 3 is 2.30 bits per heavy atom. The van der Waals surface area contributed by atoms with Crippen LogP contribution in [0.4, 0.5) is 5.69 Å². The number of amides is 1. The second-order valence-corrected chi connectivity index (χ2v) is 8.79. The maximum atomic E-state index is 12.9. The van der Waals surface area contributed by atoms with E-state index >= 15 is 0 Å². The van der Waals surface area contributed by atoms with Crippen LogP contribution in [-0.4, -0.2) is 20.4 Å². The summed E-state index contributed by atoms with van der Waals surface area (Å²) in [4.78, 5) is 12.7. The van der Waals surface area contributed by atoms with Crippen LogP contribution in [0.5, 0.6) is 0 Å². The molecule has 2 N–H and O–H groups in total. The van der Waals surface area contributed by atoms with Gasteiger partial charge in [-0.1, -0.05) is 49.9 Å². The number of hydrogen-bond acceptors (Lipinski definition) is 3. The van der Waals surface area contributed by atoms with E-state index in [1.165, 1.54) is 6.07 Å². The average Bonchev–Trinajstić information content (AvgIpc) is 2.91. The molecule has 0 aromatic heterocycles. The molecule has 1 saturated carbocycles. The highest BCUT2D eigenvalue weighted by Gasteiger charge is 2.23. The topological polar surface area (TPSA) is 75.3 Å². The number of nitrogens with one attached hydrogen (secondary N) is 2. The van der Waals surface area contributed by atoms with Crippen LogP contribution in [0.3, 0.4) is 0 Å². The highest BCUT2D eigenvalue weighted by atomic mass is 32.2. The fraction of sp³-hybridized carbons (Fsp3) is 0.381. The molecule has 1 fully saturated rings. The highest BCUT2D eigenvalue weighted by molar-refractivity contribution is 7.89. The van der Waals surface area contributed by atoms with Crippen LogP contribution in [0, 0.1) is 6.92 Å². The fourth-order valence-electron chi connectivity index (χ4n) is 3.44. The minimum absolute atomic E-state index is 0.0290. The predicted octanol–water partition coefficient (Wildman–Crippen LogP) is 4.25. The smallest absolute Gasteiger partial charge is 0.255 e. The first-order valence-electron chi connectivity index (χ1n) is 9.45. The monoisotopic (exact) mass is 386 g/mol. The molecular weight excluding hydrogens is 360 g/mol. The molecule has 0 bridgehead atoms. The van der Waals surface area contributed by atoms with Gasteiger partial charge in [-0.05, 0) is 49.6 Å². The van der Waals surface area contributed by atoms with Crippen molar-refractivity contribution in [3.8, 4) is 0 Å². The van der Waals surface area contributed by atoms with Gasteiger partial charge in [0.15, 0.2) is 0 Å². The van der Waals surface area contributed by atoms with Gasteiger partial charge in [-0.3, -0.25) is 4.79 Å². The van der Waals surface area contributed by atoms with E-state index in [0.29, 0.717) is 16.8 Å². The molecule has 1 amide bonds. The molecule has 2 aromatic rings. The van der Waals surface area contributed by atoms with E-state index in [-0.39, 0.29) is 16.8 Å². The number of benzene rings is 2. The largest absolute Gasteiger partial charge is 0.322 e. The Kier molecular flexibility index (Phi) is 6.29. The third kappa shape index (κ3) is 5.17. The zero-order valence-corrected chi connectivity index (χ0v) is 16.4. The van der Waals surface area contributed by atoms with E-state index in [0.717, 1.165) is 38.5 Å². The molecule has 6 heteroatoms. The minimum Gasteiger partial charge on any atom is -0.322 e. The SMILES string of the molecule is Cc1ccc(C(=O)Nc2ccccc2)cc1S(=O)(=O)NC1CCCCCC1. The minimum atomic E-state index is -3.67. The first-order chi connectivity index (χ1) is 13.0. The van der Waals surface area contributed by atoms with E-state index in [9.17, 15) is 13.2 Å². The molecule has 3 rings (SSSR count). The lowest BCUT2D eigenvalue weighted by Gasteiger charge is -2.18. The predicted molar refractivity (Wildman–Crippen MR) is 107 cm³/mol. The van der Waals surface area contributed by atoms with Gasteiger partial charge >= 0.3 is 0 Å². The summed E-state index contributed by atoms with van der Waals surface area (Å²) in [6.07, 6.45) is 6.15. The Morgan fingerprint density at radius 1 is 0.963 bits per heavy atom. The zero-order chi connectivity index (χ0) is 19.3. The Hall–Kier alpha value is -2.18. The number of para-hydroxylation sites is 1. The van der Waals surface area contributed by atoms with Gasteiger partial charge in [0.05, 0.1) is 4.90 Å². The average molecular weight is 387 g/mol. The molecule has 0 spiro atoms. The van der Waals surface area contributed by atoms with Gasteiger partial charge in [-0.25, -0.2) is 13.1 Å². The van der Waals surface area contributed by atoms with Crippen LogP contribution in [0.25, 0.3) is 0 Å². The van der Waals surface area contributed by atoms with E-state index in [1.807, 2.05) is 18.2 Å². The van der Waals surface area contributed by atoms with Crippen LogP contribution >= 0.6 is 0 Å². The number of aryl methyl sites for hydroxylation is 1. The maximum Gasteiger partial charge on any atom is 0.255 e. The van der Waals surface area contributed by atoms with Crippen molar-refractivity contribution in [3.05, 3.63) is 59.7 Å². The summed E-state index contributed by atoms with van der Waals surface area (Å²) in [6.45, 7) is 1.75. The number of rotatable bonds is 5. The summed E-state index contributed by atoms with van der Waals surface area (Å²) in [7, 11) is -3.67. The van der Waals surface area contributed by atoms with Crippen molar-refractivity contribution in [1.29, 1.82) is 0 Å². The van der Waals surface area contributed by atoms with Gasteiger partial charge in [0.2, 0.25) is 10.0 Å². The number of carbonyl (C=O) groups is 1. The molecular formula is C21H26N2O3S. The zero-order valence-electron chi connectivity index (χ0n) is 15.6. The Bertz CT molecular complexity index is 887. The normalized spacial score (nSPS) is 15.9. The highest BCUT2D eigenvalue weighted by Crippen LogP contribution is 2.22. The first kappa shape index (κ1) is 19.6. The van der Waals surface area contributed by atoms with Gasteiger partial charge in [0.25, 0.3) is 5.91 Å². The summed E-state index contributed by atoms with van der Waals surface area (Å²) in [5.41, 5.74) is 1.63. The molecule has 27 heavy (non-hydrogen) atoms. The van der Waals surface area contributed by atoms with Crippen LogP contribution < -0.4 is 10.0 Å². The second-order valence-electron chi connectivity index (χ2n) is 7.11. The van der Waals surface area contributed by atoms with Gasteiger partial charge in [-0.15, -0.1) is 0 Å². The lowest BCUT2D eigenvalue weighted by Crippen LogP contribution is -2.35. The van der Waals surface area contributed by atoms with Crippen molar-refractivity contribution >= 4 is 21.6 Å². The number of carbonyl (C=O) groups excluding carboxylic acids is 1. The fourth-order valence-corrected chi connectivity index (χ4v) is 5.01. The van der Waals surface area contributed by atoms with Crippen molar-refractivity contribution in [3.63, 3.8) is 0 Å². The van der Waals surface area contributed by atoms with E-state index in [2.05, 4.69) is 10.0 Å². The van der Waals surface area contributed by atoms with Gasteiger partial charge in [0, 0.05) is 17.3 Å². The van der Waals surface area contributed by atoms with Crippen LogP contribution in [0.2, 0.25) is 0 Å². The molecule has 5 nitrogen and oxygen atoms in total. The molecule has 0 saturated heterocycles. The quantitative estimate of drug-likeness (QED) is 0.755. The maximum absolute atomic E-state index is 12.9. The van der Waals surface area contributed by atoms with Crippen molar-refractivity contribution in [2.45, 2.75) is 56.4 Å². The molecule has 0 radical (unpaired) electrons. The Morgan fingerprint density at radius 2 is 1.63 bits per heavy atom. The van der Waals surface area contributed by atoms with E-state index < -0.39 is 10.0 Å². The first-order valence-corrected chi connectivity index (χ1v) is 10.9. The van der Waals surface area contributed by atoms with Crippen molar-refractivity contribution < 1.29 is 13.2 Å². The van der Waals surface area contributed by atoms with Crippen LogP contribution in [0.15, 0.2) is 53.4 Å². The lowest BCUT2D eigenvalue weighted by molar-refractivity contribution is 0.102. The van der Waals surface area contributed by atoms with Gasteiger partial charge < -0.3 is 5.32 Å². The third-order valence-electron chi connectivity index (χ3n) is 4.95. The van der Waals surface area contributed by atoms with Crippen LogP contribution in [-0.2, 0) is 10.0 Å². The summed E-state index contributed by atoms with van der Waals surface area (Å²) in [6, 6.07) is 13.9. The Labute approximate surface area is 161 Å². The third-order valence-corrected chi connectivity index (χ3v) is 6.61. The molecule has 0 unspecified atom stereocenters. The molecule has 144 valence electrons. The lowest BCUT2D eigenvalue weighted by atomic mass is 10.1. The summed E-state index contributed by atoms with van der Waals surface area (Å²) >= 11 is 0. The summed E-state index contributed by atoms with van der Waals surface area (Å²) in [5, 5.41) is 2.79. The van der Waals surface area contributed by atoms with Crippen molar-refractivity contribution in [2.75, 3.05) is 5.32 Å². The van der Waals surface area contributed by atoms with Crippen molar-refractivity contribution in [2.24, 2.45) is 0 Å². The molecule has 0 heterocycles. The number of sulfonamides is 1. The van der Waals surface area contributed by atoms with E-state index in [4.69, 9.17) is 0 Å². The van der Waals surface area contributed by atoms with E-state index in [1.54, 1.807) is 31.2 Å². The van der Waals surface area contributed by atoms with Gasteiger partial charge in [0.1, 0.15) is 0 Å². The number of anilines is 1. The second kappa shape index (κ2) is 8.67. The molecule has 2 aromatic carbocycles. The molecule has 1 aliphatic carbocycles. The molecule has 0 aliphatic heterocycles. The van der Waals surface area contributed by atoms with Crippen molar-refractivity contribution in [1.82, 2.24) is 4.72 Å². The molecule has 0 atom stereocenters. The Balaban J connectivity index is 1.80. The van der Waals surface area contributed by atoms with Gasteiger partial charge in [-0.2, -0.15) is 0 Å². The standard InChI is InChI=1S/C21H26N2O3S/c1-16-13-14-17(21(24)22-18-9-7-4-8-10-18)15-20(16)27(25,26)23-19-11-5-2-3-6-12-19/h4,7-10,13-15,19,23H,2-3,5-6,11-12H2,1H3,(H,22,24). The number of hydrogen-bond donors (Lipinski definition) is 2. The summed E-state index contributed by atoms with van der Waals surface area (Å²) < 4.78 is 28.7.